The van der Waals surface area contributed by atoms with Crippen LogP contribution in [0.3, 0.4) is 0 Å². The third kappa shape index (κ3) is 5.70. The molecule has 1 aromatic carbocycles. The van der Waals surface area contributed by atoms with Crippen molar-refractivity contribution in [2.75, 3.05) is 0 Å². The number of nitrogens with two attached hydrogens (primary N) is 1. The van der Waals surface area contributed by atoms with Gasteiger partial charge in [-0.2, -0.15) is 0 Å². The van der Waals surface area contributed by atoms with Gasteiger partial charge in [-0.25, -0.2) is 0 Å². The lowest BCUT2D eigenvalue weighted by Crippen LogP contribution is -2.01. The molecule has 1 aromatic rings. The summed E-state index contributed by atoms with van der Waals surface area (Å²) in [5, 5.41) is 10.2. The van der Waals surface area contributed by atoms with Crippen LogP contribution in [0, 0.1) is 17.0 Å². The largest absolute Gasteiger partial charge is 0.370 e. The first-order chi connectivity index (χ1) is 6.43. The molecule has 76 valence electrons. The lowest BCUT2D eigenvalue weighted by Gasteiger charge is -1.90. The first kappa shape index (κ1) is 12.1. The number of carbonyl (C=O) groups is 1. The van der Waals surface area contributed by atoms with Gasteiger partial charge in [-0.05, 0) is 12.5 Å². The van der Waals surface area contributed by atoms with Gasteiger partial charge in [-0.15, -0.1) is 0 Å². The summed E-state index contributed by atoms with van der Waals surface area (Å²) in [7, 11) is 0. The average Bonchev–Trinajstić information content (AvgIpc) is 2.03. The van der Waals surface area contributed by atoms with Gasteiger partial charge in [0.1, 0.15) is 0 Å². The van der Waals surface area contributed by atoms with Gasteiger partial charge in [0, 0.05) is 19.1 Å². The number of nitro groups is 1. The Hall–Kier alpha value is -1.91. The van der Waals surface area contributed by atoms with E-state index in [4.69, 9.17) is 0 Å². The number of rotatable bonds is 1. The molecule has 14 heavy (non-hydrogen) atoms. The molecule has 0 radical (unpaired) electrons. The van der Waals surface area contributed by atoms with Gasteiger partial charge in [0.25, 0.3) is 5.69 Å². The molecule has 2 N–H and O–H groups in total. The molecule has 5 nitrogen and oxygen atoms in total. The van der Waals surface area contributed by atoms with Crippen LogP contribution in [0.25, 0.3) is 0 Å². The number of aryl methyl sites for hydroxylation is 1. The highest BCUT2D eigenvalue weighted by atomic mass is 16.6. The number of amides is 1. The molecular formula is C9H12N2O3. The maximum atomic E-state index is 10.2. The summed E-state index contributed by atoms with van der Waals surface area (Å²) in [5.41, 5.74) is 5.54. The molecule has 1 amide bonds. The number of benzene rings is 1. The Labute approximate surface area is 81.7 Å². The first-order valence-corrected chi connectivity index (χ1v) is 3.90. The molecule has 0 aliphatic heterocycles. The SMILES string of the molecule is CC(N)=O.Cc1cccc([N+](=O)[O-])c1. The molecule has 0 aromatic heterocycles. The predicted octanol–water partition coefficient (Wildman–Crippen LogP) is 1.39. The van der Waals surface area contributed by atoms with E-state index in [0.29, 0.717) is 0 Å². The Morgan fingerprint density at radius 2 is 2.00 bits per heavy atom. The molecule has 0 saturated carbocycles. The minimum absolute atomic E-state index is 0.153. The lowest BCUT2D eigenvalue weighted by atomic mass is 10.2. The van der Waals surface area contributed by atoms with E-state index in [2.05, 4.69) is 5.73 Å². The van der Waals surface area contributed by atoms with Crippen molar-refractivity contribution >= 4 is 11.6 Å². The minimum Gasteiger partial charge on any atom is -0.370 e. The van der Waals surface area contributed by atoms with E-state index in [1.807, 2.05) is 13.0 Å². The maximum absolute atomic E-state index is 10.2. The summed E-state index contributed by atoms with van der Waals surface area (Å²) >= 11 is 0. The molecule has 0 bridgehead atoms. The average molecular weight is 196 g/mol. The lowest BCUT2D eigenvalue weighted by molar-refractivity contribution is -0.384. The number of hydrogen-bond acceptors (Lipinski definition) is 3. The maximum Gasteiger partial charge on any atom is 0.269 e. The molecule has 0 atom stereocenters. The van der Waals surface area contributed by atoms with Gasteiger partial charge in [0.15, 0.2) is 0 Å². The van der Waals surface area contributed by atoms with Crippen molar-refractivity contribution in [2.45, 2.75) is 13.8 Å². The Kier molecular flexibility index (Phi) is 4.91. The quantitative estimate of drug-likeness (QED) is 0.544. The summed E-state index contributed by atoms with van der Waals surface area (Å²) in [6.45, 7) is 3.13. The van der Waals surface area contributed by atoms with Crippen LogP contribution in [-0.2, 0) is 4.79 Å². The van der Waals surface area contributed by atoms with Crippen LogP contribution in [-0.4, -0.2) is 10.8 Å². The zero-order chi connectivity index (χ0) is 11.1. The van der Waals surface area contributed by atoms with Crippen molar-refractivity contribution in [3.63, 3.8) is 0 Å². The third-order valence-corrected chi connectivity index (χ3v) is 1.21. The second-order valence-electron chi connectivity index (χ2n) is 2.71. The summed E-state index contributed by atoms with van der Waals surface area (Å²) in [6, 6.07) is 6.52. The molecule has 0 spiro atoms. The van der Waals surface area contributed by atoms with Crippen molar-refractivity contribution in [2.24, 2.45) is 5.73 Å². The van der Waals surface area contributed by atoms with Crippen LogP contribution < -0.4 is 5.73 Å². The van der Waals surface area contributed by atoms with Gasteiger partial charge in [-0.1, -0.05) is 12.1 Å². The smallest absolute Gasteiger partial charge is 0.269 e. The van der Waals surface area contributed by atoms with Gasteiger partial charge in [0.05, 0.1) is 4.92 Å². The van der Waals surface area contributed by atoms with Crippen molar-refractivity contribution in [1.29, 1.82) is 0 Å². The highest BCUT2D eigenvalue weighted by Gasteiger charge is 2.01. The van der Waals surface area contributed by atoms with E-state index < -0.39 is 4.92 Å². The molecule has 0 saturated heterocycles. The van der Waals surface area contributed by atoms with Crippen LogP contribution in [0.5, 0.6) is 0 Å². The second kappa shape index (κ2) is 5.69. The Morgan fingerprint density at radius 3 is 2.29 bits per heavy atom. The van der Waals surface area contributed by atoms with Gasteiger partial charge < -0.3 is 5.73 Å². The van der Waals surface area contributed by atoms with Crippen LogP contribution in [0.15, 0.2) is 24.3 Å². The highest BCUT2D eigenvalue weighted by Crippen LogP contribution is 2.11. The van der Waals surface area contributed by atoms with Gasteiger partial charge >= 0.3 is 0 Å². The molecule has 0 heterocycles. The van der Waals surface area contributed by atoms with Crippen LogP contribution in [0.4, 0.5) is 5.69 Å². The van der Waals surface area contributed by atoms with Crippen LogP contribution in [0.1, 0.15) is 12.5 Å². The van der Waals surface area contributed by atoms with E-state index in [-0.39, 0.29) is 11.6 Å². The fourth-order valence-electron chi connectivity index (χ4n) is 0.742. The molecule has 5 heteroatoms. The zero-order valence-electron chi connectivity index (χ0n) is 8.06. The van der Waals surface area contributed by atoms with Crippen LogP contribution in [0.2, 0.25) is 0 Å². The minimum atomic E-state index is -0.396. The molecule has 0 aliphatic carbocycles. The standard InChI is InChI=1S/C7H7NO2.C2H5NO/c1-6-3-2-4-7(5-6)8(9)10;1-2(3)4/h2-5H,1H3;1H3,(H2,3,4). The van der Waals surface area contributed by atoms with Crippen molar-refractivity contribution in [3.05, 3.63) is 39.9 Å². The molecule has 0 fully saturated rings. The monoisotopic (exact) mass is 196 g/mol. The fraction of sp³-hybridized carbons (Fsp3) is 0.222. The summed E-state index contributed by atoms with van der Waals surface area (Å²) in [5.74, 6) is -0.333. The van der Waals surface area contributed by atoms with Crippen molar-refractivity contribution in [1.82, 2.24) is 0 Å². The van der Waals surface area contributed by atoms with Crippen molar-refractivity contribution in [3.8, 4) is 0 Å². The molecular weight excluding hydrogens is 184 g/mol. The van der Waals surface area contributed by atoms with E-state index in [1.54, 1.807) is 12.1 Å². The van der Waals surface area contributed by atoms with E-state index >= 15 is 0 Å². The number of nitro benzene ring substituents is 1. The Morgan fingerprint density at radius 1 is 1.50 bits per heavy atom. The van der Waals surface area contributed by atoms with Gasteiger partial charge in [-0.3, -0.25) is 14.9 Å². The summed E-state index contributed by atoms with van der Waals surface area (Å²) < 4.78 is 0. The summed E-state index contributed by atoms with van der Waals surface area (Å²) in [6.07, 6.45) is 0. The number of non-ortho nitro benzene ring substituents is 1. The Balaban J connectivity index is 0.000000364. The second-order valence-corrected chi connectivity index (χ2v) is 2.71. The topological polar surface area (TPSA) is 86.2 Å². The normalized spacial score (nSPS) is 8.43. The third-order valence-electron chi connectivity index (χ3n) is 1.21. The predicted molar refractivity (Wildman–Crippen MR) is 52.7 cm³/mol. The number of hydrogen-bond donors (Lipinski definition) is 1. The molecule has 0 unspecified atom stereocenters. The van der Waals surface area contributed by atoms with E-state index in [9.17, 15) is 14.9 Å². The van der Waals surface area contributed by atoms with Gasteiger partial charge in [0.2, 0.25) is 5.91 Å². The van der Waals surface area contributed by atoms with Crippen LogP contribution >= 0.6 is 0 Å². The number of carbonyl (C=O) groups excluding carboxylic acids is 1. The van der Waals surface area contributed by atoms with Crippen molar-refractivity contribution < 1.29 is 9.72 Å². The number of primary amides is 1. The highest BCUT2D eigenvalue weighted by molar-refractivity contribution is 5.70. The van der Waals surface area contributed by atoms with E-state index in [1.165, 1.54) is 13.0 Å². The first-order valence-electron chi connectivity index (χ1n) is 3.90. The number of nitrogens with zero attached hydrogens (tertiary/aromatic N) is 1. The zero-order valence-corrected chi connectivity index (χ0v) is 8.06. The molecule has 1 rings (SSSR count). The van der Waals surface area contributed by atoms with E-state index in [0.717, 1.165) is 5.56 Å². The Bertz CT molecular complexity index is 333. The fourth-order valence-corrected chi connectivity index (χ4v) is 0.742. The molecule has 0 aliphatic rings. The summed E-state index contributed by atoms with van der Waals surface area (Å²) in [4.78, 5) is 19.0.